The fourth-order valence-electron chi connectivity index (χ4n) is 1.99. The highest BCUT2D eigenvalue weighted by molar-refractivity contribution is 5.99. The molecule has 0 aliphatic rings. The second-order valence-corrected chi connectivity index (χ2v) is 5.26. The van der Waals surface area contributed by atoms with Crippen LogP contribution in [0.25, 0.3) is 0 Å². The van der Waals surface area contributed by atoms with E-state index < -0.39 is 5.91 Å². The smallest absolute Gasteiger partial charge is 0.251 e. The number of carbonyl (C=O) groups is 2. The maximum absolute atomic E-state index is 12.0. The first kappa shape index (κ1) is 19.4. The molecule has 0 heterocycles. The molecule has 0 atom stereocenters. The number of nitrogens with zero attached hydrogens (tertiary/aromatic N) is 2. The van der Waals surface area contributed by atoms with Gasteiger partial charge < -0.3 is 21.2 Å². The molecule has 0 saturated carbocycles. The second-order valence-electron chi connectivity index (χ2n) is 5.26. The van der Waals surface area contributed by atoms with Crippen LogP contribution in [0.2, 0.25) is 0 Å². The number of amidine groups is 1. The van der Waals surface area contributed by atoms with Gasteiger partial charge in [0.15, 0.2) is 5.84 Å². The summed E-state index contributed by atoms with van der Waals surface area (Å²) < 4.78 is 0. The number of likely N-dealkylation sites (N-methyl/N-ethyl adjacent to an activating group) is 1. The fraction of sp³-hybridized carbons (Fsp3) is 0.400. The Morgan fingerprint density at radius 3 is 2.42 bits per heavy atom. The maximum Gasteiger partial charge on any atom is 0.251 e. The van der Waals surface area contributed by atoms with Crippen molar-refractivity contribution >= 4 is 17.6 Å². The van der Waals surface area contributed by atoms with Gasteiger partial charge in [0.05, 0.1) is 0 Å². The van der Waals surface area contributed by atoms with Gasteiger partial charge in [0, 0.05) is 30.6 Å². The zero-order valence-electron chi connectivity index (χ0n) is 13.5. The van der Waals surface area contributed by atoms with E-state index in [0.717, 1.165) is 0 Å². The maximum atomic E-state index is 12.0. The largest absolute Gasteiger partial charge is 0.409 e. The molecular formula is C15H23N5O4. The molecule has 24 heavy (non-hydrogen) atoms. The predicted molar refractivity (Wildman–Crippen MR) is 87.9 cm³/mol. The molecule has 0 aromatic heterocycles. The van der Waals surface area contributed by atoms with Gasteiger partial charge >= 0.3 is 0 Å². The van der Waals surface area contributed by atoms with Crippen LogP contribution in [0.3, 0.4) is 0 Å². The summed E-state index contributed by atoms with van der Waals surface area (Å²) in [4.78, 5) is 24.8. The van der Waals surface area contributed by atoms with E-state index in [2.05, 4.69) is 10.5 Å². The Hall–Kier alpha value is -2.65. The van der Waals surface area contributed by atoms with Gasteiger partial charge in [-0.3, -0.25) is 14.8 Å². The summed E-state index contributed by atoms with van der Waals surface area (Å²) in [6.07, 6.45) is 0.867. The first-order valence-corrected chi connectivity index (χ1v) is 7.45. The second kappa shape index (κ2) is 10.2. The normalized spacial score (nSPS) is 11.4. The summed E-state index contributed by atoms with van der Waals surface area (Å²) in [6.45, 7) is 1.77. The number of carbonyl (C=O) groups excluding carboxylic acids is 2. The van der Waals surface area contributed by atoms with Crippen molar-refractivity contribution in [1.29, 1.82) is 0 Å². The fourth-order valence-corrected chi connectivity index (χ4v) is 1.99. The number of benzene rings is 1. The van der Waals surface area contributed by atoms with E-state index >= 15 is 0 Å². The van der Waals surface area contributed by atoms with Crippen molar-refractivity contribution in [2.45, 2.75) is 12.8 Å². The number of nitrogens with two attached hydrogens (primary N) is 1. The molecule has 1 aromatic carbocycles. The molecule has 0 bridgehead atoms. The lowest BCUT2D eigenvalue weighted by atomic mass is 10.1. The van der Waals surface area contributed by atoms with Crippen LogP contribution in [0.4, 0.5) is 0 Å². The molecular weight excluding hydrogens is 314 g/mol. The number of oxime groups is 1. The highest BCUT2D eigenvalue weighted by atomic mass is 16.5. The monoisotopic (exact) mass is 337 g/mol. The van der Waals surface area contributed by atoms with Gasteiger partial charge in [-0.2, -0.15) is 0 Å². The van der Waals surface area contributed by atoms with Gasteiger partial charge in [0.25, 0.3) is 5.91 Å². The topological polar surface area (TPSA) is 140 Å². The van der Waals surface area contributed by atoms with E-state index in [4.69, 9.17) is 16.1 Å². The Balaban J connectivity index is 2.32. The van der Waals surface area contributed by atoms with E-state index in [1.165, 1.54) is 0 Å². The van der Waals surface area contributed by atoms with Crippen LogP contribution in [0.15, 0.2) is 29.4 Å². The molecule has 9 nitrogen and oxygen atoms in total. The van der Waals surface area contributed by atoms with Crippen LogP contribution < -0.4 is 16.5 Å². The van der Waals surface area contributed by atoms with Gasteiger partial charge in [-0.15, -0.1) is 0 Å². The SMILES string of the molecule is CN(CCCC(=O)NO)CCNC(=O)c1ccc(/C(N)=N/O)cc1. The van der Waals surface area contributed by atoms with Crippen molar-refractivity contribution in [2.75, 3.05) is 26.7 Å². The third kappa shape index (κ3) is 6.63. The minimum atomic E-state index is -0.410. The molecule has 0 unspecified atom stereocenters. The third-order valence-electron chi connectivity index (χ3n) is 3.40. The Morgan fingerprint density at radius 1 is 1.21 bits per heavy atom. The Kier molecular flexibility index (Phi) is 8.23. The lowest BCUT2D eigenvalue weighted by Crippen LogP contribution is -2.33. The quantitative estimate of drug-likeness (QED) is 0.138. The van der Waals surface area contributed by atoms with Crippen molar-refractivity contribution in [3.05, 3.63) is 35.4 Å². The molecule has 9 heteroatoms. The zero-order valence-corrected chi connectivity index (χ0v) is 13.5. The molecule has 1 aromatic rings. The molecule has 0 aliphatic carbocycles. The summed E-state index contributed by atoms with van der Waals surface area (Å²) in [5.74, 6) is -0.639. The molecule has 6 N–H and O–H groups in total. The summed E-state index contributed by atoms with van der Waals surface area (Å²) >= 11 is 0. The van der Waals surface area contributed by atoms with E-state index in [1.807, 2.05) is 11.9 Å². The highest BCUT2D eigenvalue weighted by Gasteiger charge is 2.07. The molecule has 1 rings (SSSR count). The molecule has 0 aliphatic heterocycles. The first-order valence-electron chi connectivity index (χ1n) is 7.45. The van der Waals surface area contributed by atoms with E-state index in [-0.39, 0.29) is 18.2 Å². The Bertz CT molecular complexity index is 574. The van der Waals surface area contributed by atoms with Crippen LogP contribution >= 0.6 is 0 Å². The third-order valence-corrected chi connectivity index (χ3v) is 3.40. The molecule has 0 fully saturated rings. The number of nitrogens with one attached hydrogen (secondary N) is 2. The lowest BCUT2D eigenvalue weighted by Gasteiger charge is -2.16. The van der Waals surface area contributed by atoms with E-state index in [1.54, 1.807) is 29.7 Å². The highest BCUT2D eigenvalue weighted by Crippen LogP contribution is 2.04. The molecule has 0 radical (unpaired) electrons. The summed E-state index contributed by atoms with van der Waals surface area (Å²) in [5.41, 5.74) is 8.05. The zero-order chi connectivity index (χ0) is 17.9. The van der Waals surface area contributed by atoms with Gasteiger partial charge in [-0.25, -0.2) is 5.48 Å². The number of hydrogen-bond acceptors (Lipinski definition) is 6. The number of rotatable bonds is 9. The van der Waals surface area contributed by atoms with Crippen molar-refractivity contribution in [2.24, 2.45) is 10.9 Å². The van der Waals surface area contributed by atoms with Crippen molar-refractivity contribution in [3.63, 3.8) is 0 Å². The van der Waals surface area contributed by atoms with Gasteiger partial charge in [0.2, 0.25) is 5.91 Å². The van der Waals surface area contributed by atoms with Gasteiger partial charge in [-0.05, 0) is 32.1 Å². The predicted octanol–water partition coefficient (Wildman–Crippen LogP) is -0.272. The van der Waals surface area contributed by atoms with Gasteiger partial charge in [-0.1, -0.05) is 17.3 Å². The first-order chi connectivity index (χ1) is 11.5. The molecule has 132 valence electrons. The summed E-state index contributed by atoms with van der Waals surface area (Å²) in [5, 5.41) is 22.7. The number of hydrogen-bond donors (Lipinski definition) is 5. The summed E-state index contributed by atoms with van der Waals surface area (Å²) in [6, 6.07) is 6.39. The average Bonchev–Trinajstić information content (AvgIpc) is 2.60. The van der Waals surface area contributed by atoms with E-state index in [0.29, 0.717) is 37.2 Å². The van der Waals surface area contributed by atoms with Crippen LogP contribution in [0.1, 0.15) is 28.8 Å². The minimum absolute atomic E-state index is 0.0153. The van der Waals surface area contributed by atoms with Crippen LogP contribution in [-0.2, 0) is 4.79 Å². The van der Waals surface area contributed by atoms with Crippen molar-refractivity contribution in [3.8, 4) is 0 Å². The molecule has 0 saturated heterocycles. The van der Waals surface area contributed by atoms with E-state index in [9.17, 15) is 9.59 Å². The van der Waals surface area contributed by atoms with Crippen molar-refractivity contribution in [1.82, 2.24) is 15.7 Å². The molecule has 2 amide bonds. The molecule has 0 spiro atoms. The lowest BCUT2D eigenvalue weighted by molar-refractivity contribution is -0.129. The van der Waals surface area contributed by atoms with Crippen LogP contribution in [0.5, 0.6) is 0 Å². The standard InChI is InChI=1S/C15H23N5O4/c1-20(9-2-3-13(21)18-23)10-8-17-15(22)12-6-4-11(5-7-12)14(16)19-24/h4-7,23-24H,2-3,8-10H2,1H3,(H2,16,19)(H,17,22)(H,18,21). The Morgan fingerprint density at radius 2 is 1.83 bits per heavy atom. The summed E-state index contributed by atoms with van der Waals surface area (Å²) in [7, 11) is 1.88. The average molecular weight is 337 g/mol. The van der Waals surface area contributed by atoms with Gasteiger partial charge in [0.1, 0.15) is 0 Å². The Labute approximate surface area is 140 Å². The number of amides is 2. The van der Waals surface area contributed by atoms with Crippen LogP contribution in [-0.4, -0.2) is 59.6 Å². The number of hydroxylamine groups is 1. The van der Waals surface area contributed by atoms with Crippen LogP contribution in [0, 0.1) is 0 Å². The van der Waals surface area contributed by atoms with Crippen molar-refractivity contribution < 1.29 is 20.0 Å². The minimum Gasteiger partial charge on any atom is -0.409 e.